The van der Waals surface area contributed by atoms with E-state index in [0.717, 1.165) is 11.8 Å². The molecule has 0 saturated carbocycles. The number of methoxy groups -OCH3 is 2. The van der Waals surface area contributed by atoms with E-state index in [0.29, 0.717) is 17.9 Å². The molecule has 1 amide bonds. The average Bonchev–Trinajstić information content (AvgIpc) is 2.71. The summed E-state index contributed by atoms with van der Waals surface area (Å²) in [6, 6.07) is 8.96. The Kier molecular flexibility index (Phi) is 7.46. The fourth-order valence-electron chi connectivity index (χ4n) is 2.87. The topological polar surface area (TPSA) is 115 Å². The normalized spacial score (nSPS) is 18.7. The number of carbonyl (C=O) groups is 3. The molecule has 148 valence electrons. The molecule has 0 saturated heterocycles. The van der Waals surface area contributed by atoms with Gasteiger partial charge in [0.05, 0.1) is 43.3 Å². The molecule has 2 rings (SSSR count). The van der Waals surface area contributed by atoms with Crippen LogP contribution in [0.3, 0.4) is 0 Å². The Hall–Kier alpha value is -2.99. The van der Waals surface area contributed by atoms with Crippen LogP contribution in [0.1, 0.15) is 18.4 Å². The van der Waals surface area contributed by atoms with Crippen molar-refractivity contribution in [2.24, 2.45) is 5.92 Å². The third kappa shape index (κ3) is 4.46. The highest BCUT2D eigenvalue weighted by atomic mass is 32.2. The number of hydrogen-bond donors (Lipinski definition) is 1. The van der Waals surface area contributed by atoms with Crippen molar-refractivity contribution in [1.82, 2.24) is 5.32 Å². The standard InChI is InChI=1S/C19H20N2O6S/c1-4-27-13-8-6-5-7-11(13)15-12(9-20)18(28-10-14(22)25-2)21-17(23)16(15)19(24)26-3/h5-8,15-16H,4,10H2,1-3H3,(H,21,23)/t15-,16-/m0/s1. The Morgan fingerprint density at radius 3 is 2.57 bits per heavy atom. The Morgan fingerprint density at radius 2 is 1.96 bits per heavy atom. The monoisotopic (exact) mass is 404 g/mol. The van der Waals surface area contributed by atoms with E-state index in [1.54, 1.807) is 31.2 Å². The number of carbonyl (C=O) groups excluding carboxylic acids is 3. The lowest BCUT2D eigenvalue weighted by atomic mass is 9.78. The zero-order valence-corrected chi connectivity index (χ0v) is 16.5. The number of thioether (sulfide) groups is 1. The van der Waals surface area contributed by atoms with Crippen LogP contribution in [0, 0.1) is 17.2 Å². The molecule has 0 aromatic heterocycles. The SMILES string of the molecule is CCOc1ccccc1[C@H]1C(C#N)=C(SCC(=O)OC)NC(=O)[C@H]1C(=O)OC. The number of benzene rings is 1. The molecule has 1 aliphatic heterocycles. The van der Waals surface area contributed by atoms with Crippen molar-refractivity contribution in [1.29, 1.82) is 5.26 Å². The number of nitrogens with one attached hydrogen (secondary N) is 1. The summed E-state index contributed by atoms with van der Waals surface area (Å²) in [5.74, 6) is -3.69. The smallest absolute Gasteiger partial charge is 0.319 e. The van der Waals surface area contributed by atoms with E-state index >= 15 is 0 Å². The van der Waals surface area contributed by atoms with Crippen molar-refractivity contribution in [2.45, 2.75) is 12.8 Å². The minimum absolute atomic E-state index is 0.0972. The van der Waals surface area contributed by atoms with E-state index in [9.17, 15) is 19.6 Å². The predicted molar refractivity (Wildman–Crippen MR) is 101 cm³/mol. The summed E-state index contributed by atoms with van der Waals surface area (Å²) in [5, 5.41) is 12.6. The van der Waals surface area contributed by atoms with Crippen molar-refractivity contribution >= 4 is 29.6 Å². The second kappa shape index (κ2) is 9.80. The molecule has 0 bridgehead atoms. The van der Waals surface area contributed by atoms with Gasteiger partial charge >= 0.3 is 11.9 Å². The van der Waals surface area contributed by atoms with Crippen LogP contribution < -0.4 is 10.1 Å². The molecule has 1 aliphatic rings. The van der Waals surface area contributed by atoms with Gasteiger partial charge in [-0.05, 0) is 13.0 Å². The van der Waals surface area contributed by atoms with Gasteiger partial charge in [-0.15, -0.1) is 0 Å². The molecule has 28 heavy (non-hydrogen) atoms. The van der Waals surface area contributed by atoms with Gasteiger partial charge in [0.2, 0.25) is 5.91 Å². The molecule has 2 atom stereocenters. The van der Waals surface area contributed by atoms with Gasteiger partial charge in [-0.1, -0.05) is 30.0 Å². The van der Waals surface area contributed by atoms with Gasteiger partial charge in [-0.25, -0.2) is 0 Å². The predicted octanol–water partition coefficient (Wildman–Crippen LogP) is 1.73. The van der Waals surface area contributed by atoms with E-state index in [1.165, 1.54) is 14.2 Å². The van der Waals surface area contributed by atoms with Crippen LogP contribution in [0.2, 0.25) is 0 Å². The molecule has 1 heterocycles. The highest BCUT2D eigenvalue weighted by Gasteiger charge is 2.45. The Morgan fingerprint density at radius 1 is 1.25 bits per heavy atom. The van der Waals surface area contributed by atoms with Crippen LogP contribution in [0.15, 0.2) is 34.9 Å². The number of rotatable bonds is 7. The summed E-state index contributed by atoms with van der Waals surface area (Å²) in [4.78, 5) is 36.6. The zero-order valence-electron chi connectivity index (χ0n) is 15.7. The first-order valence-electron chi connectivity index (χ1n) is 8.42. The third-order valence-electron chi connectivity index (χ3n) is 4.10. The van der Waals surface area contributed by atoms with E-state index in [1.807, 2.05) is 0 Å². The van der Waals surface area contributed by atoms with Crippen molar-refractivity contribution in [3.05, 3.63) is 40.4 Å². The van der Waals surface area contributed by atoms with Gasteiger partial charge < -0.3 is 19.5 Å². The van der Waals surface area contributed by atoms with Gasteiger partial charge in [0, 0.05) is 11.5 Å². The number of esters is 2. The lowest BCUT2D eigenvalue weighted by Gasteiger charge is -2.31. The summed E-state index contributed by atoms with van der Waals surface area (Å²) >= 11 is 0.963. The molecular weight excluding hydrogens is 384 g/mol. The number of nitriles is 1. The van der Waals surface area contributed by atoms with Gasteiger partial charge in [0.1, 0.15) is 11.7 Å². The number of allylic oxidation sites excluding steroid dienone is 1. The second-order valence-corrected chi connectivity index (χ2v) is 6.64. The van der Waals surface area contributed by atoms with Crippen LogP contribution in [0.25, 0.3) is 0 Å². The van der Waals surface area contributed by atoms with Crippen molar-refractivity contribution in [3.63, 3.8) is 0 Å². The molecular formula is C19H20N2O6S. The summed E-state index contributed by atoms with van der Waals surface area (Å²) in [5.41, 5.74) is 0.665. The molecule has 0 aliphatic carbocycles. The van der Waals surface area contributed by atoms with Gasteiger partial charge in [-0.3, -0.25) is 14.4 Å². The molecule has 1 N–H and O–H groups in total. The fraction of sp³-hybridized carbons (Fsp3) is 0.368. The van der Waals surface area contributed by atoms with Crippen molar-refractivity contribution in [2.75, 3.05) is 26.6 Å². The van der Waals surface area contributed by atoms with Crippen molar-refractivity contribution < 1.29 is 28.6 Å². The Labute approximate surface area is 166 Å². The molecule has 0 spiro atoms. The lowest BCUT2D eigenvalue weighted by Crippen LogP contribution is -2.44. The van der Waals surface area contributed by atoms with Gasteiger partial charge in [0.25, 0.3) is 0 Å². The summed E-state index contributed by atoms with van der Waals surface area (Å²) in [6.45, 7) is 2.18. The minimum Gasteiger partial charge on any atom is -0.494 e. The van der Waals surface area contributed by atoms with Crippen molar-refractivity contribution in [3.8, 4) is 11.8 Å². The van der Waals surface area contributed by atoms with E-state index in [2.05, 4.69) is 16.1 Å². The van der Waals surface area contributed by atoms with E-state index < -0.39 is 29.7 Å². The number of hydrogen-bond acceptors (Lipinski definition) is 8. The largest absolute Gasteiger partial charge is 0.494 e. The van der Waals surface area contributed by atoms with Crippen LogP contribution in [-0.4, -0.2) is 44.4 Å². The van der Waals surface area contributed by atoms with Gasteiger partial charge in [-0.2, -0.15) is 5.26 Å². The molecule has 0 fully saturated rings. The quantitative estimate of drug-likeness (QED) is 0.540. The van der Waals surface area contributed by atoms with Crippen LogP contribution in [0.4, 0.5) is 0 Å². The summed E-state index contributed by atoms with van der Waals surface area (Å²) < 4.78 is 15.0. The van der Waals surface area contributed by atoms with E-state index in [4.69, 9.17) is 9.47 Å². The highest BCUT2D eigenvalue weighted by molar-refractivity contribution is 8.03. The Bertz CT molecular complexity index is 845. The maximum Gasteiger partial charge on any atom is 0.319 e. The molecule has 8 nitrogen and oxygen atoms in total. The highest BCUT2D eigenvalue weighted by Crippen LogP contribution is 2.43. The number of ether oxygens (including phenoxy) is 3. The molecule has 0 radical (unpaired) electrons. The Balaban J connectivity index is 2.61. The molecule has 0 unspecified atom stereocenters. The number of amides is 1. The van der Waals surface area contributed by atoms with Crippen LogP contribution in [-0.2, 0) is 23.9 Å². The summed E-state index contributed by atoms with van der Waals surface area (Å²) in [6.07, 6.45) is 0. The van der Waals surface area contributed by atoms with E-state index in [-0.39, 0.29) is 16.4 Å². The maximum absolute atomic E-state index is 12.7. The maximum atomic E-state index is 12.7. The number of para-hydroxylation sites is 1. The lowest BCUT2D eigenvalue weighted by molar-refractivity contribution is -0.150. The third-order valence-corrected chi connectivity index (χ3v) is 5.09. The first-order valence-corrected chi connectivity index (χ1v) is 9.41. The average molecular weight is 404 g/mol. The van der Waals surface area contributed by atoms with Crippen LogP contribution >= 0.6 is 11.8 Å². The molecule has 1 aromatic carbocycles. The second-order valence-electron chi connectivity index (χ2n) is 5.66. The summed E-state index contributed by atoms with van der Waals surface area (Å²) in [7, 11) is 2.43. The molecule has 1 aromatic rings. The first-order chi connectivity index (χ1) is 13.5. The minimum atomic E-state index is -1.26. The zero-order chi connectivity index (χ0) is 20.7. The molecule has 9 heteroatoms. The van der Waals surface area contributed by atoms with Gasteiger partial charge in [0.15, 0.2) is 0 Å². The first kappa shape index (κ1) is 21.3. The van der Waals surface area contributed by atoms with Crippen LogP contribution in [0.5, 0.6) is 5.75 Å². The fourth-order valence-corrected chi connectivity index (χ4v) is 3.75. The number of nitrogens with zero attached hydrogens (tertiary/aromatic N) is 1.